The van der Waals surface area contributed by atoms with Crippen LogP contribution in [0, 0.1) is 5.82 Å². The number of aromatic nitrogens is 1. The zero-order chi connectivity index (χ0) is 15.1. The van der Waals surface area contributed by atoms with Gasteiger partial charge < -0.3 is 4.57 Å². The number of hydrogen-bond donors (Lipinski definition) is 0. The summed E-state index contributed by atoms with van der Waals surface area (Å²) in [5.41, 5.74) is 1.08. The summed E-state index contributed by atoms with van der Waals surface area (Å²) < 4.78 is 16.4. The predicted octanol–water partition coefficient (Wildman–Crippen LogP) is 4.49. The van der Waals surface area contributed by atoms with E-state index >= 15 is 0 Å². The zero-order valence-electron chi connectivity index (χ0n) is 10.6. The van der Waals surface area contributed by atoms with Gasteiger partial charge >= 0.3 is 0 Å². The molecule has 3 nitrogen and oxygen atoms in total. The molecule has 0 aliphatic carbocycles. The lowest BCUT2D eigenvalue weighted by Gasteiger charge is -1.95. The van der Waals surface area contributed by atoms with E-state index in [1.807, 2.05) is 0 Å². The first-order valence-corrected chi connectivity index (χ1v) is 8.13. The normalized spacial score (nSPS) is 12.3. The van der Waals surface area contributed by atoms with Crippen LogP contribution in [-0.2, 0) is 7.05 Å². The van der Waals surface area contributed by atoms with Gasteiger partial charge in [-0.15, -0.1) is 11.3 Å². The standard InChI is InChI=1S/C13H7Cl2FN2OS2/c1-18-8-3-2-6(16)4-9(8)20-13(18)17-12(19)7-5-10(14)21-11(7)15/h2-5H,1H3. The second-order valence-corrected chi connectivity index (χ2v) is 7.51. The maximum absolute atomic E-state index is 13.2. The monoisotopic (exact) mass is 360 g/mol. The van der Waals surface area contributed by atoms with Crippen LogP contribution in [-0.4, -0.2) is 10.5 Å². The Balaban J connectivity index is 2.13. The Kier molecular flexibility index (Phi) is 3.88. The topological polar surface area (TPSA) is 34.4 Å². The Morgan fingerprint density at radius 3 is 2.71 bits per heavy atom. The van der Waals surface area contributed by atoms with Crippen LogP contribution in [0.1, 0.15) is 10.4 Å². The molecule has 0 saturated carbocycles. The van der Waals surface area contributed by atoms with Crippen LogP contribution in [0.5, 0.6) is 0 Å². The van der Waals surface area contributed by atoms with E-state index in [0.29, 0.717) is 13.5 Å². The predicted molar refractivity (Wildman–Crippen MR) is 85.0 cm³/mol. The van der Waals surface area contributed by atoms with Gasteiger partial charge in [0.05, 0.1) is 20.1 Å². The van der Waals surface area contributed by atoms with E-state index in [0.717, 1.165) is 21.6 Å². The lowest BCUT2D eigenvalue weighted by Crippen LogP contribution is -2.13. The van der Waals surface area contributed by atoms with Crippen LogP contribution >= 0.6 is 45.9 Å². The lowest BCUT2D eigenvalue weighted by atomic mass is 10.3. The fraction of sp³-hybridized carbons (Fsp3) is 0.0769. The first-order chi connectivity index (χ1) is 9.95. The van der Waals surface area contributed by atoms with Crippen molar-refractivity contribution < 1.29 is 9.18 Å². The molecule has 0 N–H and O–H groups in total. The molecular formula is C13H7Cl2FN2OS2. The van der Waals surface area contributed by atoms with E-state index in [1.165, 1.54) is 29.5 Å². The number of thiazole rings is 1. The first-order valence-electron chi connectivity index (χ1n) is 5.74. The van der Waals surface area contributed by atoms with E-state index < -0.39 is 5.91 Å². The number of aryl methyl sites for hydroxylation is 1. The van der Waals surface area contributed by atoms with Crippen LogP contribution < -0.4 is 4.80 Å². The van der Waals surface area contributed by atoms with Crippen molar-refractivity contribution in [3.8, 4) is 0 Å². The third kappa shape index (κ3) is 2.76. The van der Waals surface area contributed by atoms with E-state index in [4.69, 9.17) is 23.2 Å². The number of carbonyl (C=O) groups is 1. The fourth-order valence-electron chi connectivity index (χ4n) is 1.85. The number of hydrogen-bond acceptors (Lipinski definition) is 3. The molecule has 0 radical (unpaired) electrons. The summed E-state index contributed by atoms with van der Waals surface area (Å²) in [6.07, 6.45) is 0. The molecule has 0 aliphatic heterocycles. The summed E-state index contributed by atoms with van der Waals surface area (Å²) in [4.78, 5) is 16.7. The van der Waals surface area contributed by atoms with Crippen molar-refractivity contribution in [2.45, 2.75) is 0 Å². The van der Waals surface area contributed by atoms with Crippen LogP contribution in [0.25, 0.3) is 10.2 Å². The number of amides is 1. The third-order valence-corrected chi connectivity index (χ3v) is 5.44. The number of halogens is 3. The van der Waals surface area contributed by atoms with Crippen LogP contribution in [0.15, 0.2) is 29.3 Å². The molecule has 3 aromatic rings. The largest absolute Gasteiger partial charge is 0.319 e. The molecule has 21 heavy (non-hydrogen) atoms. The summed E-state index contributed by atoms with van der Waals surface area (Å²) in [5, 5.41) is 0. The Morgan fingerprint density at radius 1 is 1.29 bits per heavy atom. The van der Waals surface area contributed by atoms with E-state index in [-0.39, 0.29) is 11.4 Å². The minimum absolute atomic E-state index is 0.273. The number of benzene rings is 1. The van der Waals surface area contributed by atoms with Crippen molar-refractivity contribution in [1.82, 2.24) is 4.57 Å². The second-order valence-electron chi connectivity index (χ2n) is 4.21. The van der Waals surface area contributed by atoms with Gasteiger partial charge in [-0.05, 0) is 24.3 Å². The minimum atomic E-state index is -0.467. The molecule has 8 heteroatoms. The van der Waals surface area contributed by atoms with Gasteiger partial charge in [0.2, 0.25) is 0 Å². The number of nitrogens with zero attached hydrogens (tertiary/aromatic N) is 2. The fourth-order valence-corrected chi connectivity index (χ4v) is 4.34. The molecule has 0 unspecified atom stereocenters. The van der Waals surface area contributed by atoms with E-state index in [2.05, 4.69) is 4.99 Å². The summed E-state index contributed by atoms with van der Waals surface area (Å²) in [5.74, 6) is -0.791. The highest BCUT2D eigenvalue weighted by Crippen LogP contribution is 2.31. The summed E-state index contributed by atoms with van der Waals surface area (Å²) in [6.45, 7) is 0. The molecule has 2 aromatic heterocycles. The molecule has 1 amide bonds. The Labute approximate surface area is 136 Å². The van der Waals surface area contributed by atoms with Crippen LogP contribution in [0.3, 0.4) is 0 Å². The molecule has 0 spiro atoms. The van der Waals surface area contributed by atoms with Gasteiger partial charge in [0, 0.05) is 7.05 Å². The van der Waals surface area contributed by atoms with Crippen LogP contribution in [0.4, 0.5) is 4.39 Å². The summed E-state index contributed by atoms with van der Waals surface area (Å²) >= 11 is 14.1. The van der Waals surface area contributed by atoms with Crippen molar-refractivity contribution in [1.29, 1.82) is 0 Å². The molecule has 0 aliphatic rings. The Hall–Kier alpha value is -1.21. The van der Waals surface area contributed by atoms with Gasteiger partial charge in [-0.3, -0.25) is 4.79 Å². The highest BCUT2D eigenvalue weighted by atomic mass is 35.5. The number of fused-ring (bicyclic) bond motifs is 1. The first kappa shape index (κ1) is 14.7. The highest BCUT2D eigenvalue weighted by Gasteiger charge is 2.14. The molecule has 1 aromatic carbocycles. The van der Waals surface area contributed by atoms with Crippen molar-refractivity contribution in [2.75, 3.05) is 0 Å². The van der Waals surface area contributed by atoms with Gasteiger partial charge in [-0.25, -0.2) is 4.39 Å². The molecular weight excluding hydrogens is 354 g/mol. The average molecular weight is 361 g/mol. The molecule has 0 saturated heterocycles. The van der Waals surface area contributed by atoms with Gasteiger partial charge in [0.25, 0.3) is 5.91 Å². The third-order valence-electron chi connectivity index (χ3n) is 2.86. The average Bonchev–Trinajstić information content (AvgIpc) is 2.90. The zero-order valence-corrected chi connectivity index (χ0v) is 13.7. The molecule has 108 valence electrons. The number of rotatable bonds is 1. The minimum Gasteiger partial charge on any atom is -0.319 e. The smallest absolute Gasteiger partial charge is 0.282 e. The SMILES string of the molecule is Cn1c(=NC(=O)c2cc(Cl)sc2Cl)sc2cc(F)ccc21. The molecule has 0 fully saturated rings. The lowest BCUT2D eigenvalue weighted by molar-refractivity contribution is 0.0998. The summed E-state index contributed by atoms with van der Waals surface area (Å²) in [6, 6.07) is 5.93. The van der Waals surface area contributed by atoms with Gasteiger partial charge in [0.1, 0.15) is 10.2 Å². The molecule has 0 bridgehead atoms. The quantitative estimate of drug-likeness (QED) is 0.629. The number of thiophene rings is 1. The maximum atomic E-state index is 13.2. The summed E-state index contributed by atoms with van der Waals surface area (Å²) in [7, 11) is 1.77. The van der Waals surface area contributed by atoms with Crippen molar-refractivity contribution in [2.24, 2.45) is 12.0 Å². The van der Waals surface area contributed by atoms with Gasteiger partial charge in [0.15, 0.2) is 4.80 Å². The van der Waals surface area contributed by atoms with Crippen molar-refractivity contribution in [3.63, 3.8) is 0 Å². The van der Waals surface area contributed by atoms with Gasteiger partial charge in [-0.1, -0.05) is 34.5 Å². The van der Waals surface area contributed by atoms with Crippen LogP contribution in [0.2, 0.25) is 8.67 Å². The van der Waals surface area contributed by atoms with Crippen molar-refractivity contribution >= 4 is 62.0 Å². The van der Waals surface area contributed by atoms with Gasteiger partial charge in [-0.2, -0.15) is 4.99 Å². The second kappa shape index (κ2) is 5.53. The molecule has 0 atom stereocenters. The highest BCUT2D eigenvalue weighted by molar-refractivity contribution is 7.20. The maximum Gasteiger partial charge on any atom is 0.282 e. The number of carbonyl (C=O) groups excluding carboxylic acids is 1. The Morgan fingerprint density at radius 2 is 2.05 bits per heavy atom. The Bertz CT molecular complexity index is 926. The van der Waals surface area contributed by atoms with E-state index in [1.54, 1.807) is 17.7 Å². The molecule has 2 heterocycles. The van der Waals surface area contributed by atoms with E-state index in [9.17, 15) is 9.18 Å². The van der Waals surface area contributed by atoms with Crippen molar-refractivity contribution in [3.05, 3.63) is 49.1 Å². The molecule has 3 rings (SSSR count).